The van der Waals surface area contributed by atoms with E-state index in [1.165, 1.54) is 18.2 Å². The number of nitrogens with one attached hydrogen (secondary N) is 1. The van der Waals surface area contributed by atoms with Gasteiger partial charge in [-0.05, 0) is 23.8 Å². The van der Waals surface area contributed by atoms with E-state index in [4.69, 9.17) is 27.9 Å². The molecule has 0 spiro atoms. The number of carbonyl (C=O) groups is 3. The predicted octanol–water partition coefficient (Wildman–Crippen LogP) is 2.55. The number of carbonyl (C=O) groups excluding carboxylic acids is 3. The Morgan fingerprint density at radius 2 is 1.75 bits per heavy atom. The minimum atomic E-state index is -1.06. The van der Waals surface area contributed by atoms with Crippen LogP contribution in [0.4, 0.5) is 5.69 Å². The lowest BCUT2D eigenvalue weighted by Gasteiger charge is -2.16. The van der Waals surface area contributed by atoms with Crippen LogP contribution in [0.15, 0.2) is 53.6 Å². The summed E-state index contributed by atoms with van der Waals surface area (Å²) in [7, 11) is 0. The summed E-state index contributed by atoms with van der Waals surface area (Å²) >= 11 is 12.0. The molecule has 7 nitrogen and oxygen atoms in total. The summed E-state index contributed by atoms with van der Waals surface area (Å²) in [4.78, 5) is 39.0. The van der Waals surface area contributed by atoms with Gasteiger partial charge in [-0.3, -0.25) is 15.0 Å². The van der Waals surface area contributed by atoms with Gasteiger partial charge in [-0.15, -0.1) is 0 Å². The van der Waals surface area contributed by atoms with Crippen molar-refractivity contribution in [1.82, 2.24) is 5.43 Å². The van der Waals surface area contributed by atoms with Crippen molar-refractivity contribution in [3.63, 3.8) is 0 Å². The van der Waals surface area contributed by atoms with Gasteiger partial charge in [0.25, 0.3) is 5.91 Å². The van der Waals surface area contributed by atoms with Crippen molar-refractivity contribution in [2.75, 3.05) is 4.90 Å². The van der Waals surface area contributed by atoms with Gasteiger partial charge < -0.3 is 4.74 Å². The van der Waals surface area contributed by atoms with Crippen LogP contribution in [0.25, 0.3) is 0 Å². The molecule has 142 valence electrons. The molecule has 0 saturated carbocycles. The molecule has 0 aliphatic carbocycles. The van der Waals surface area contributed by atoms with Gasteiger partial charge in [-0.2, -0.15) is 5.10 Å². The molecule has 0 radical (unpaired) electrons. The van der Waals surface area contributed by atoms with Crippen molar-refractivity contribution >= 4 is 52.4 Å². The van der Waals surface area contributed by atoms with Crippen LogP contribution in [0.2, 0.25) is 10.0 Å². The average Bonchev–Trinajstić information content (AvgIpc) is 3.20. The van der Waals surface area contributed by atoms with Crippen LogP contribution >= 0.6 is 23.2 Å². The van der Waals surface area contributed by atoms with E-state index in [-0.39, 0.29) is 28.1 Å². The molecule has 2 amide bonds. The first-order valence-corrected chi connectivity index (χ1v) is 9.09. The molecule has 28 heavy (non-hydrogen) atoms. The summed E-state index contributed by atoms with van der Waals surface area (Å²) in [6.07, 6.45) is 0. The molecule has 2 heterocycles. The van der Waals surface area contributed by atoms with Crippen molar-refractivity contribution in [1.29, 1.82) is 0 Å². The molecular weight excluding hydrogens is 405 g/mol. The molecule has 2 aliphatic rings. The third kappa shape index (κ3) is 3.23. The van der Waals surface area contributed by atoms with Crippen LogP contribution in [0, 0.1) is 5.92 Å². The number of rotatable bonds is 4. The molecule has 2 aromatic rings. The molecule has 1 saturated heterocycles. The maximum atomic E-state index is 12.9. The number of hydrogen-bond acceptors (Lipinski definition) is 6. The Bertz CT molecular complexity index is 989. The van der Waals surface area contributed by atoms with Gasteiger partial charge in [0, 0.05) is 10.0 Å². The second kappa shape index (κ2) is 7.26. The molecule has 4 rings (SSSR count). The van der Waals surface area contributed by atoms with Crippen molar-refractivity contribution < 1.29 is 19.1 Å². The molecule has 2 aliphatic heterocycles. The normalized spacial score (nSPS) is 20.6. The predicted molar refractivity (Wildman–Crippen MR) is 103 cm³/mol. The first-order valence-electron chi connectivity index (χ1n) is 8.34. The van der Waals surface area contributed by atoms with Gasteiger partial charge in [0.15, 0.2) is 5.71 Å². The average molecular weight is 418 g/mol. The number of nitrogens with zero attached hydrogens (tertiary/aromatic N) is 2. The molecule has 9 heteroatoms. The fraction of sp³-hybridized carbons (Fsp3) is 0.158. The number of imide groups is 1. The Labute approximate surface area is 169 Å². The fourth-order valence-corrected chi connectivity index (χ4v) is 3.69. The van der Waals surface area contributed by atoms with E-state index in [0.29, 0.717) is 0 Å². The quantitative estimate of drug-likeness (QED) is 0.609. The number of hydrogen-bond donors (Lipinski definition) is 1. The smallest absolute Gasteiger partial charge is 0.355 e. The van der Waals surface area contributed by atoms with Crippen LogP contribution < -0.4 is 10.3 Å². The molecule has 2 aromatic carbocycles. The summed E-state index contributed by atoms with van der Waals surface area (Å²) in [5.41, 5.74) is 3.47. The molecule has 1 fully saturated rings. The van der Waals surface area contributed by atoms with E-state index in [1.54, 1.807) is 12.1 Å². The van der Waals surface area contributed by atoms with Gasteiger partial charge in [0.1, 0.15) is 18.6 Å². The highest BCUT2D eigenvalue weighted by atomic mass is 35.5. The van der Waals surface area contributed by atoms with E-state index in [1.807, 2.05) is 18.2 Å². The Morgan fingerprint density at radius 1 is 1.07 bits per heavy atom. The first kappa shape index (κ1) is 18.5. The van der Waals surface area contributed by atoms with Crippen molar-refractivity contribution in [3.8, 4) is 0 Å². The third-order valence-electron chi connectivity index (χ3n) is 4.45. The number of esters is 1. The zero-order valence-electron chi connectivity index (χ0n) is 14.3. The molecule has 0 aromatic heterocycles. The SMILES string of the molecule is O=C(OCc1ccccc1)C1=NN[C@H]2C(=O)N(c3cc(Cl)cc(Cl)c3)C(=O)[C@H]12. The van der Waals surface area contributed by atoms with E-state index >= 15 is 0 Å². The highest BCUT2D eigenvalue weighted by molar-refractivity contribution is 6.46. The monoisotopic (exact) mass is 417 g/mol. The third-order valence-corrected chi connectivity index (χ3v) is 4.89. The summed E-state index contributed by atoms with van der Waals surface area (Å²) < 4.78 is 5.25. The van der Waals surface area contributed by atoms with Crippen molar-refractivity contribution in [2.24, 2.45) is 11.0 Å². The Hall–Kier alpha value is -2.90. The molecular formula is C19H13Cl2N3O4. The topological polar surface area (TPSA) is 88.1 Å². The maximum Gasteiger partial charge on any atom is 0.355 e. The lowest BCUT2D eigenvalue weighted by Crippen LogP contribution is -2.36. The highest BCUT2D eigenvalue weighted by Crippen LogP contribution is 2.33. The highest BCUT2D eigenvalue weighted by Gasteiger charge is 2.55. The van der Waals surface area contributed by atoms with Gasteiger partial charge in [0.05, 0.1) is 5.69 Å². The van der Waals surface area contributed by atoms with Gasteiger partial charge in [-0.1, -0.05) is 53.5 Å². The number of halogens is 2. The summed E-state index contributed by atoms with van der Waals surface area (Å²) in [5.74, 6) is -2.94. The number of amides is 2. The fourth-order valence-electron chi connectivity index (χ4n) is 3.18. The Balaban J connectivity index is 1.54. The van der Waals surface area contributed by atoms with E-state index in [2.05, 4.69) is 10.5 Å². The number of anilines is 1. The van der Waals surface area contributed by atoms with Gasteiger partial charge in [-0.25, -0.2) is 9.69 Å². The van der Waals surface area contributed by atoms with Crippen molar-refractivity contribution in [3.05, 3.63) is 64.1 Å². The van der Waals surface area contributed by atoms with Crippen molar-refractivity contribution in [2.45, 2.75) is 12.6 Å². The zero-order valence-corrected chi connectivity index (χ0v) is 15.8. The second-order valence-electron chi connectivity index (χ2n) is 6.28. The standard InChI is InChI=1S/C19H13Cl2N3O4/c20-11-6-12(21)8-13(7-11)24-17(25)14-15(18(24)26)22-23-16(14)19(27)28-9-10-4-2-1-3-5-10/h1-8,14-15,22H,9H2/t14-,15+/m0/s1. The molecule has 0 unspecified atom stereocenters. The summed E-state index contributed by atoms with van der Waals surface area (Å²) in [6, 6.07) is 12.5. The molecule has 1 N–H and O–H groups in total. The number of hydrazone groups is 1. The maximum absolute atomic E-state index is 12.9. The molecule has 2 atom stereocenters. The van der Waals surface area contributed by atoms with Crippen LogP contribution in [0.5, 0.6) is 0 Å². The minimum Gasteiger partial charge on any atom is -0.456 e. The minimum absolute atomic E-state index is 0.0336. The van der Waals surface area contributed by atoms with Crippen LogP contribution in [0.1, 0.15) is 5.56 Å². The molecule has 0 bridgehead atoms. The number of benzene rings is 2. The zero-order chi connectivity index (χ0) is 19.8. The summed E-state index contributed by atoms with van der Waals surface area (Å²) in [6.45, 7) is 0.0336. The van der Waals surface area contributed by atoms with E-state index in [9.17, 15) is 14.4 Å². The largest absolute Gasteiger partial charge is 0.456 e. The van der Waals surface area contributed by atoms with E-state index < -0.39 is 29.7 Å². The lowest BCUT2D eigenvalue weighted by molar-refractivity contribution is -0.137. The lowest BCUT2D eigenvalue weighted by atomic mass is 9.99. The van der Waals surface area contributed by atoms with E-state index in [0.717, 1.165) is 10.5 Å². The van der Waals surface area contributed by atoms with Crippen LogP contribution in [0.3, 0.4) is 0 Å². The number of fused-ring (bicyclic) bond motifs is 1. The second-order valence-corrected chi connectivity index (χ2v) is 7.16. The van der Waals surface area contributed by atoms with Crippen LogP contribution in [-0.2, 0) is 25.7 Å². The van der Waals surface area contributed by atoms with Gasteiger partial charge >= 0.3 is 5.97 Å². The van der Waals surface area contributed by atoms with Crippen LogP contribution in [-0.4, -0.2) is 29.5 Å². The Kier molecular flexibility index (Phi) is 4.78. The van der Waals surface area contributed by atoms with Gasteiger partial charge in [0.2, 0.25) is 5.91 Å². The Morgan fingerprint density at radius 3 is 2.43 bits per heavy atom. The summed E-state index contributed by atoms with van der Waals surface area (Å²) in [5, 5.41) is 4.43. The first-order chi connectivity index (χ1) is 13.5. The number of ether oxygens (including phenoxy) is 1.